The van der Waals surface area contributed by atoms with Gasteiger partial charge in [-0.05, 0) is 44.4 Å². The molecule has 1 aliphatic carbocycles. The van der Waals surface area contributed by atoms with Crippen molar-refractivity contribution in [2.75, 3.05) is 32.1 Å². The lowest BCUT2D eigenvalue weighted by atomic mass is 9.69. The molecule has 1 fully saturated rings. The Balaban J connectivity index is 2.66. The molecule has 0 aromatic carbocycles. The number of nitrogens with zero attached hydrogens (tertiary/aromatic N) is 1. The number of hydrogen-bond acceptors (Lipinski definition) is 3. The highest BCUT2D eigenvalue weighted by Gasteiger charge is 2.36. The van der Waals surface area contributed by atoms with E-state index in [1.54, 1.807) is 0 Å². The number of hydrogen-bond donors (Lipinski definition) is 1. The van der Waals surface area contributed by atoms with E-state index in [9.17, 15) is 0 Å². The molecule has 0 aromatic heterocycles. The standard InChI is InChI=1S/C17H36N2S/c1-14(2)18-12-17(9-7-8-15(3)10-17)13-19(5)16(4)11-20-6/h14-16,18H,7-13H2,1-6H3. The summed E-state index contributed by atoms with van der Waals surface area (Å²) in [6.45, 7) is 11.8. The van der Waals surface area contributed by atoms with E-state index in [1.807, 2.05) is 11.8 Å². The summed E-state index contributed by atoms with van der Waals surface area (Å²) in [5, 5.41) is 3.72. The van der Waals surface area contributed by atoms with Crippen LogP contribution in [-0.2, 0) is 0 Å². The predicted octanol–water partition coefficient (Wildman–Crippen LogP) is 3.86. The van der Waals surface area contributed by atoms with E-state index in [0.717, 1.165) is 5.92 Å². The van der Waals surface area contributed by atoms with Crippen molar-refractivity contribution in [2.45, 2.75) is 65.5 Å². The second kappa shape index (κ2) is 8.65. The Morgan fingerprint density at radius 1 is 1.35 bits per heavy atom. The van der Waals surface area contributed by atoms with Gasteiger partial charge in [-0.2, -0.15) is 11.8 Å². The van der Waals surface area contributed by atoms with Gasteiger partial charge in [-0.3, -0.25) is 0 Å². The van der Waals surface area contributed by atoms with Gasteiger partial charge in [-0.1, -0.05) is 33.6 Å². The zero-order chi connectivity index (χ0) is 15.2. The molecule has 0 aliphatic heterocycles. The summed E-state index contributed by atoms with van der Waals surface area (Å²) in [7, 11) is 2.32. The first kappa shape index (κ1) is 18.3. The van der Waals surface area contributed by atoms with Gasteiger partial charge in [0, 0.05) is 30.9 Å². The van der Waals surface area contributed by atoms with Crippen molar-refractivity contribution in [3.8, 4) is 0 Å². The van der Waals surface area contributed by atoms with Gasteiger partial charge in [-0.15, -0.1) is 0 Å². The first-order valence-corrected chi connectivity index (χ1v) is 9.70. The van der Waals surface area contributed by atoms with Crippen LogP contribution in [0.5, 0.6) is 0 Å². The first-order valence-electron chi connectivity index (χ1n) is 8.31. The topological polar surface area (TPSA) is 15.3 Å². The first-order chi connectivity index (χ1) is 9.38. The third kappa shape index (κ3) is 5.95. The van der Waals surface area contributed by atoms with Gasteiger partial charge < -0.3 is 10.2 Å². The zero-order valence-corrected chi connectivity index (χ0v) is 15.4. The van der Waals surface area contributed by atoms with Crippen molar-refractivity contribution >= 4 is 11.8 Å². The highest BCUT2D eigenvalue weighted by molar-refractivity contribution is 7.98. The molecule has 1 aliphatic rings. The van der Waals surface area contributed by atoms with Gasteiger partial charge in [0.05, 0.1) is 0 Å². The van der Waals surface area contributed by atoms with Crippen LogP contribution in [0.2, 0.25) is 0 Å². The van der Waals surface area contributed by atoms with Crippen molar-refractivity contribution in [1.82, 2.24) is 10.2 Å². The van der Waals surface area contributed by atoms with Gasteiger partial charge in [0.2, 0.25) is 0 Å². The van der Waals surface area contributed by atoms with Crippen LogP contribution in [0.25, 0.3) is 0 Å². The molecule has 120 valence electrons. The van der Waals surface area contributed by atoms with Crippen molar-refractivity contribution in [3.05, 3.63) is 0 Å². The van der Waals surface area contributed by atoms with E-state index in [4.69, 9.17) is 0 Å². The Labute approximate surface area is 131 Å². The Morgan fingerprint density at radius 3 is 2.60 bits per heavy atom. The Bertz CT molecular complexity index is 270. The Kier molecular flexibility index (Phi) is 7.92. The second-order valence-electron chi connectivity index (χ2n) is 7.46. The molecular weight excluding hydrogens is 264 g/mol. The van der Waals surface area contributed by atoms with E-state index in [-0.39, 0.29) is 0 Å². The molecule has 1 rings (SSSR count). The Morgan fingerprint density at radius 2 is 2.05 bits per heavy atom. The molecule has 0 saturated heterocycles. The van der Waals surface area contributed by atoms with Crippen molar-refractivity contribution < 1.29 is 0 Å². The summed E-state index contributed by atoms with van der Waals surface area (Å²) < 4.78 is 0. The van der Waals surface area contributed by atoms with Gasteiger partial charge in [0.15, 0.2) is 0 Å². The van der Waals surface area contributed by atoms with Crippen molar-refractivity contribution in [3.63, 3.8) is 0 Å². The zero-order valence-electron chi connectivity index (χ0n) is 14.5. The third-order valence-corrected chi connectivity index (χ3v) is 5.63. The van der Waals surface area contributed by atoms with Gasteiger partial charge >= 0.3 is 0 Å². The van der Waals surface area contributed by atoms with E-state index in [2.05, 4.69) is 51.2 Å². The average molecular weight is 301 g/mol. The minimum absolute atomic E-state index is 0.489. The normalized spacial score (nSPS) is 29.1. The summed E-state index contributed by atoms with van der Waals surface area (Å²) >= 11 is 1.96. The quantitative estimate of drug-likeness (QED) is 0.732. The maximum atomic E-state index is 3.72. The molecule has 1 saturated carbocycles. The monoisotopic (exact) mass is 300 g/mol. The fourth-order valence-electron chi connectivity index (χ4n) is 3.60. The number of thioether (sulfide) groups is 1. The van der Waals surface area contributed by atoms with E-state index >= 15 is 0 Å². The summed E-state index contributed by atoms with van der Waals surface area (Å²) in [5.41, 5.74) is 0.489. The highest BCUT2D eigenvalue weighted by Crippen LogP contribution is 2.39. The number of rotatable bonds is 8. The highest BCUT2D eigenvalue weighted by atomic mass is 32.2. The van der Waals surface area contributed by atoms with Crippen LogP contribution in [-0.4, -0.2) is 49.1 Å². The molecule has 3 unspecified atom stereocenters. The SMILES string of the molecule is CSCC(C)N(C)CC1(CNC(C)C)CCCC(C)C1. The molecule has 0 amide bonds. The van der Waals surface area contributed by atoms with E-state index in [0.29, 0.717) is 17.5 Å². The molecule has 20 heavy (non-hydrogen) atoms. The van der Waals surface area contributed by atoms with Crippen molar-refractivity contribution in [2.24, 2.45) is 11.3 Å². The van der Waals surface area contributed by atoms with Crippen LogP contribution >= 0.6 is 11.8 Å². The molecular formula is C17H36N2S. The minimum Gasteiger partial charge on any atom is -0.314 e. The van der Waals surface area contributed by atoms with Crippen LogP contribution in [0.15, 0.2) is 0 Å². The predicted molar refractivity (Wildman–Crippen MR) is 93.7 cm³/mol. The van der Waals surface area contributed by atoms with E-state index in [1.165, 1.54) is 44.5 Å². The van der Waals surface area contributed by atoms with Crippen molar-refractivity contribution in [1.29, 1.82) is 0 Å². The summed E-state index contributed by atoms with van der Waals surface area (Å²) in [6.07, 6.45) is 7.83. The molecule has 1 N–H and O–H groups in total. The fraction of sp³-hybridized carbons (Fsp3) is 1.00. The van der Waals surface area contributed by atoms with Gasteiger partial charge in [0.1, 0.15) is 0 Å². The molecule has 0 bridgehead atoms. The largest absolute Gasteiger partial charge is 0.314 e. The van der Waals surface area contributed by atoms with Crippen LogP contribution in [0.4, 0.5) is 0 Å². The van der Waals surface area contributed by atoms with Gasteiger partial charge in [0.25, 0.3) is 0 Å². The maximum absolute atomic E-state index is 3.72. The number of nitrogens with one attached hydrogen (secondary N) is 1. The van der Waals surface area contributed by atoms with Gasteiger partial charge in [-0.25, -0.2) is 0 Å². The third-order valence-electron chi connectivity index (χ3n) is 4.82. The molecule has 0 heterocycles. The summed E-state index contributed by atoms with van der Waals surface area (Å²) in [4.78, 5) is 2.59. The fourth-order valence-corrected chi connectivity index (χ4v) is 4.34. The van der Waals surface area contributed by atoms with Crippen LogP contribution in [0, 0.1) is 11.3 Å². The molecule has 2 nitrogen and oxygen atoms in total. The lowest BCUT2D eigenvalue weighted by molar-refractivity contribution is 0.0782. The van der Waals surface area contributed by atoms with Crippen LogP contribution in [0.3, 0.4) is 0 Å². The van der Waals surface area contributed by atoms with E-state index < -0.39 is 0 Å². The molecule has 3 heteroatoms. The lowest BCUT2D eigenvalue weighted by Crippen LogP contribution is -2.49. The average Bonchev–Trinajstić information content (AvgIpc) is 2.37. The van der Waals surface area contributed by atoms with Crippen LogP contribution in [0.1, 0.15) is 53.4 Å². The minimum atomic E-state index is 0.489. The molecule has 0 spiro atoms. The molecule has 0 radical (unpaired) electrons. The molecule has 3 atom stereocenters. The second-order valence-corrected chi connectivity index (χ2v) is 8.37. The molecule has 0 aromatic rings. The smallest absolute Gasteiger partial charge is 0.0155 e. The summed E-state index contributed by atoms with van der Waals surface area (Å²) in [5.74, 6) is 2.13. The lowest BCUT2D eigenvalue weighted by Gasteiger charge is -2.44. The van der Waals surface area contributed by atoms with Crippen LogP contribution < -0.4 is 5.32 Å². The maximum Gasteiger partial charge on any atom is 0.0155 e. The Hall–Kier alpha value is 0.270. The summed E-state index contributed by atoms with van der Waals surface area (Å²) in [6, 6.07) is 1.27.